The van der Waals surface area contributed by atoms with Crippen LogP contribution in [-0.2, 0) is 6.42 Å². The molecule has 0 amide bonds. The van der Waals surface area contributed by atoms with Crippen LogP contribution in [-0.4, -0.2) is 42.3 Å². The average molecular weight is 377 g/mol. The quantitative estimate of drug-likeness (QED) is 0.376. The first-order valence-corrected chi connectivity index (χ1v) is 9.26. The predicted octanol–water partition coefficient (Wildman–Crippen LogP) is 2.91. The largest absolute Gasteiger partial charge is 0.394 e. The molecule has 0 unspecified atom stereocenters. The molecule has 0 aliphatic heterocycles. The Balaban J connectivity index is 1.52. The van der Waals surface area contributed by atoms with Crippen LogP contribution in [0.1, 0.15) is 17.7 Å². The van der Waals surface area contributed by atoms with Gasteiger partial charge in [0.05, 0.1) is 12.6 Å². The molecule has 4 N–H and O–H groups in total. The molecule has 3 aromatic heterocycles. The summed E-state index contributed by atoms with van der Waals surface area (Å²) in [5.74, 6) is 1.93. The third-order valence-corrected chi connectivity index (χ3v) is 4.53. The first kappa shape index (κ1) is 18.0. The number of hydrogen-bond donors (Lipinski definition) is 4. The number of benzene rings is 1. The summed E-state index contributed by atoms with van der Waals surface area (Å²) in [6.45, 7) is 1.96. The Morgan fingerprint density at radius 3 is 2.79 bits per heavy atom. The summed E-state index contributed by atoms with van der Waals surface area (Å²) < 4.78 is 1.85. The highest BCUT2D eigenvalue weighted by Gasteiger charge is 2.12. The van der Waals surface area contributed by atoms with Crippen LogP contribution in [0.3, 0.4) is 0 Å². The van der Waals surface area contributed by atoms with Gasteiger partial charge in [-0.1, -0.05) is 30.3 Å². The first-order chi connectivity index (χ1) is 13.7. The van der Waals surface area contributed by atoms with E-state index in [2.05, 4.69) is 42.9 Å². The highest BCUT2D eigenvalue weighted by atomic mass is 16.3. The number of aryl methyl sites for hydroxylation is 2. The van der Waals surface area contributed by atoms with Crippen molar-refractivity contribution in [1.29, 1.82) is 0 Å². The fourth-order valence-corrected chi connectivity index (χ4v) is 3.09. The number of nitrogens with one attached hydrogen (secondary N) is 3. The Bertz CT molecular complexity index is 1040. The molecular formula is C20H23N7O. The second-order valence-electron chi connectivity index (χ2n) is 6.73. The average Bonchev–Trinajstić information content (AvgIpc) is 3.35. The maximum Gasteiger partial charge on any atom is 0.216 e. The third-order valence-electron chi connectivity index (χ3n) is 4.53. The molecule has 0 aliphatic carbocycles. The molecule has 4 rings (SSSR count). The number of fused-ring (bicyclic) bond motifs is 1. The zero-order valence-electron chi connectivity index (χ0n) is 15.6. The van der Waals surface area contributed by atoms with Gasteiger partial charge in [-0.25, -0.2) is 4.98 Å². The minimum absolute atomic E-state index is 0.0233. The van der Waals surface area contributed by atoms with Crippen LogP contribution in [0.25, 0.3) is 5.65 Å². The number of imidazole rings is 1. The molecule has 3 heterocycles. The van der Waals surface area contributed by atoms with Crippen molar-refractivity contribution in [2.24, 2.45) is 0 Å². The molecular weight excluding hydrogens is 354 g/mol. The van der Waals surface area contributed by atoms with Crippen LogP contribution in [0.5, 0.6) is 0 Å². The van der Waals surface area contributed by atoms with Gasteiger partial charge >= 0.3 is 0 Å². The molecule has 8 heteroatoms. The van der Waals surface area contributed by atoms with E-state index < -0.39 is 0 Å². The number of nitrogens with zero attached hydrogens (tertiary/aromatic N) is 4. The van der Waals surface area contributed by atoms with Crippen molar-refractivity contribution < 1.29 is 5.11 Å². The van der Waals surface area contributed by atoms with Gasteiger partial charge in [0.15, 0.2) is 5.82 Å². The number of anilines is 3. The van der Waals surface area contributed by atoms with Gasteiger partial charge in [0.1, 0.15) is 11.5 Å². The van der Waals surface area contributed by atoms with Crippen LogP contribution in [0.4, 0.5) is 17.6 Å². The Morgan fingerprint density at radius 1 is 1.18 bits per heavy atom. The lowest BCUT2D eigenvalue weighted by Crippen LogP contribution is -2.25. The first-order valence-electron chi connectivity index (χ1n) is 9.26. The maximum absolute atomic E-state index is 9.81. The molecule has 0 saturated heterocycles. The summed E-state index contributed by atoms with van der Waals surface area (Å²) in [6, 6.07) is 13.9. The molecule has 28 heavy (non-hydrogen) atoms. The fraction of sp³-hybridized carbons (Fsp3) is 0.250. The van der Waals surface area contributed by atoms with Crippen LogP contribution in [0.15, 0.2) is 54.9 Å². The van der Waals surface area contributed by atoms with Crippen LogP contribution in [0.2, 0.25) is 0 Å². The van der Waals surface area contributed by atoms with E-state index >= 15 is 0 Å². The van der Waals surface area contributed by atoms with E-state index in [1.807, 2.05) is 47.9 Å². The van der Waals surface area contributed by atoms with Gasteiger partial charge in [-0.3, -0.25) is 9.50 Å². The number of aromatic amines is 1. The monoisotopic (exact) mass is 377 g/mol. The van der Waals surface area contributed by atoms with E-state index in [1.54, 1.807) is 6.20 Å². The highest BCUT2D eigenvalue weighted by molar-refractivity contribution is 5.59. The van der Waals surface area contributed by atoms with Gasteiger partial charge in [-0.2, -0.15) is 10.1 Å². The standard InChI is InChI=1S/C20H23N7O/c1-14-11-18(26-25-14)24-20-23-17(12-19-21-9-10-27(19)20)22-16(13-28)8-7-15-5-3-2-4-6-15/h2-6,9-12,16,22,28H,7-8,13H2,1H3,(H2,23,24,25,26)/t16-/m1/s1. The zero-order valence-corrected chi connectivity index (χ0v) is 15.6. The van der Waals surface area contributed by atoms with Crippen LogP contribution in [0, 0.1) is 6.92 Å². The summed E-state index contributed by atoms with van der Waals surface area (Å²) in [5, 5.41) is 23.5. The smallest absolute Gasteiger partial charge is 0.216 e. The normalized spacial score (nSPS) is 12.2. The Labute approximate surface area is 162 Å². The van der Waals surface area contributed by atoms with Gasteiger partial charge in [0.2, 0.25) is 5.95 Å². The number of hydrogen-bond acceptors (Lipinski definition) is 6. The number of rotatable bonds is 8. The predicted molar refractivity (Wildman–Crippen MR) is 109 cm³/mol. The van der Waals surface area contributed by atoms with E-state index in [0.29, 0.717) is 17.6 Å². The number of H-pyrrole nitrogens is 1. The Hall–Kier alpha value is -3.39. The fourth-order valence-electron chi connectivity index (χ4n) is 3.09. The molecule has 144 valence electrons. The van der Waals surface area contributed by atoms with Crippen molar-refractivity contribution >= 4 is 23.2 Å². The second kappa shape index (κ2) is 8.10. The van der Waals surface area contributed by atoms with Gasteiger partial charge in [0.25, 0.3) is 0 Å². The lowest BCUT2D eigenvalue weighted by atomic mass is 10.1. The minimum atomic E-state index is -0.106. The summed E-state index contributed by atoms with van der Waals surface area (Å²) in [5.41, 5.74) is 2.96. The van der Waals surface area contributed by atoms with Crippen molar-refractivity contribution in [2.45, 2.75) is 25.8 Å². The number of aromatic nitrogens is 5. The number of aliphatic hydroxyl groups excluding tert-OH is 1. The molecule has 1 aromatic carbocycles. The molecule has 1 atom stereocenters. The van der Waals surface area contributed by atoms with Gasteiger partial charge in [-0.05, 0) is 25.3 Å². The van der Waals surface area contributed by atoms with Crippen molar-refractivity contribution in [2.75, 3.05) is 17.2 Å². The summed E-state index contributed by atoms with van der Waals surface area (Å²) >= 11 is 0. The minimum Gasteiger partial charge on any atom is -0.394 e. The van der Waals surface area contributed by atoms with Crippen molar-refractivity contribution in [1.82, 2.24) is 24.6 Å². The van der Waals surface area contributed by atoms with Crippen LogP contribution >= 0.6 is 0 Å². The van der Waals surface area contributed by atoms with E-state index in [1.165, 1.54) is 5.56 Å². The van der Waals surface area contributed by atoms with Crippen molar-refractivity contribution in [3.05, 3.63) is 66.1 Å². The number of aliphatic hydroxyl groups is 1. The molecule has 0 radical (unpaired) electrons. The van der Waals surface area contributed by atoms with Gasteiger partial charge in [0, 0.05) is 30.2 Å². The lowest BCUT2D eigenvalue weighted by molar-refractivity contribution is 0.269. The van der Waals surface area contributed by atoms with Crippen molar-refractivity contribution in [3.63, 3.8) is 0 Å². The van der Waals surface area contributed by atoms with E-state index in [0.717, 1.165) is 24.2 Å². The van der Waals surface area contributed by atoms with Gasteiger partial charge in [-0.15, -0.1) is 0 Å². The zero-order chi connectivity index (χ0) is 19.3. The highest BCUT2D eigenvalue weighted by Crippen LogP contribution is 2.19. The van der Waals surface area contributed by atoms with E-state index in [9.17, 15) is 5.11 Å². The molecule has 0 fully saturated rings. The van der Waals surface area contributed by atoms with E-state index in [-0.39, 0.29) is 12.6 Å². The molecule has 0 spiro atoms. The molecule has 0 bridgehead atoms. The second-order valence-corrected chi connectivity index (χ2v) is 6.73. The van der Waals surface area contributed by atoms with E-state index in [4.69, 9.17) is 0 Å². The third kappa shape index (κ3) is 4.12. The summed E-state index contributed by atoms with van der Waals surface area (Å²) in [6.07, 6.45) is 5.24. The van der Waals surface area contributed by atoms with Gasteiger partial charge < -0.3 is 15.7 Å². The molecule has 4 aromatic rings. The van der Waals surface area contributed by atoms with Crippen molar-refractivity contribution in [3.8, 4) is 0 Å². The molecule has 0 saturated carbocycles. The lowest BCUT2D eigenvalue weighted by Gasteiger charge is -2.18. The maximum atomic E-state index is 9.81. The summed E-state index contributed by atoms with van der Waals surface area (Å²) in [4.78, 5) is 9.02. The molecule has 0 aliphatic rings. The van der Waals surface area contributed by atoms with Crippen LogP contribution < -0.4 is 10.6 Å². The SMILES string of the molecule is Cc1cc(Nc2nc(N[C@@H](CO)CCc3ccccc3)cc3nccn23)n[nH]1. The summed E-state index contributed by atoms with van der Waals surface area (Å²) in [7, 11) is 0. The molecule has 8 nitrogen and oxygen atoms in total. The Morgan fingerprint density at radius 2 is 2.04 bits per heavy atom. The topological polar surface area (TPSA) is 103 Å². The Kier molecular flexibility index (Phi) is 5.20.